The summed E-state index contributed by atoms with van der Waals surface area (Å²) in [6.07, 6.45) is -4.27. The van der Waals surface area contributed by atoms with Gasteiger partial charge in [-0.05, 0) is 31.7 Å². The minimum atomic E-state index is -4.65. The first-order valence-electron chi connectivity index (χ1n) is 14.8. The highest BCUT2D eigenvalue weighted by atomic mass is 31.2. The molecule has 0 bridgehead atoms. The van der Waals surface area contributed by atoms with Gasteiger partial charge in [-0.1, -0.05) is 44.2 Å². The number of rotatable bonds is 15. The molecule has 0 saturated carbocycles. The van der Waals surface area contributed by atoms with E-state index in [1.54, 1.807) is 37.3 Å². The summed E-state index contributed by atoms with van der Waals surface area (Å²) in [7, 11) is -2.10. The number of hydrogen-bond donors (Lipinski definition) is 4. The average molecular weight is 681 g/mol. The van der Waals surface area contributed by atoms with E-state index in [-0.39, 0.29) is 41.9 Å². The summed E-state index contributed by atoms with van der Waals surface area (Å²) in [6, 6.07) is 7.00. The minimum absolute atomic E-state index is 0.00615. The summed E-state index contributed by atoms with van der Waals surface area (Å²) in [5.74, 6) is -1.71. The third-order valence-corrected chi connectivity index (χ3v) is 8.98. The van der Waals surface area contributed by atoms with Gasteiger partial charge in [0.05, 0.1) is 33.8 Å². The van der Waals surface area contributed by atoms with Crippen LogP contribution in [0.5, 0.6) is 5.88 Å². The van der Waals surface area contributed by atoms with E-state index in [9.17, 15) is 24.4 Å². The molecule has 7 atom stereocenters. The second-order valence-corrected chi connectivity index (χ2v) is 13.1. The van der Waals surface area contributed by atoms with Gasteiger partial charge < -0.3 is 34.9 Å². The molecule has 18 heteroatoms. The molecular weight excluding hydrogens is 639 g/mol. The van der Waals surface area contributed by atoms with E-state index in [1.165, 1.54) is 32.0 Å². The second kappa shape index (κ2) is 15.0. The number of aliphatic hydroxyl groups excluding tert-OH is 1. The monoisotopic (exact) mass is 680 g/mol. The van der Waals surface area contributed by atoms with Crippen molar-refractivity contribution < 1.29 is 52.4 Å². The Morgan fingerprint density at radius 1 is 1.19 bits per heavy atom. The molecule has 1 aromatic carbocycles. The Morgan fingerprint density at radius 3 is 2.51 bits per heavy atom. The first-order chi connectivity index (χ1) is 22.2. The van der Waals surface area contributed by atoms with Crippen molar-refractivity contribution >= 4 is 36.8 Å². The van der Waals surface area contributed by atoms with E-state index in [2.05, 4.69) is 20.0 Å². The minimum Gasteiger partial charge on any atom is -0.479 e. The van der Waals surface area contributed by atoms with Gasteiger partial charge in [0.2, 0.25) is 11.8 Å². The summed E-state index contributed by atoms with van der Waals surface area (Å²) < 4.78 is 48.9. The van der Waals surface area contributed by atoms with Crippen LogP contribution in [0.1, 0.15) is 52.0 Å². The van der Waals surface area contributed by atoms with Crippen molar-refractivity contribution in [3.8, 4) is 5.88 Å². The molecule has 3 aromatic rings. The fraction of sp³-hybridized carbons (Fsp3) is 0.552. The molecule has 0 radical (unpaired) electrons. The number of carbonyl (C=O) groups excluding carboxylic acids is 2. The van der Waals surface area contributed by atoms with Crippen LogP contribution in [0.3, 0.4) is 0 Å². The Labute approximate surface area is 271 Å². The smallest absolute Gasteiger partial charge is 0.407 e. The van der Waals surface area contributed by atoms with E-state index in [1.807, 2.05) is 13.8 Å². The molecule has 1 aliphatic heterocycles. The lowest BCUT2D eigenvalue weighted by molar-refractivity contribution is -0.152. The third-order valence-electron chi connectivity index (χ3n) is 7.37. The first-order valence-corrected chi connectivity index (χ1v) is 16.4. The topological polar surface area (TPSA) is 229 Å². The van der Waals surface area contributed by atoms with Gasteiger partial charge in [-0.3, -0.25) is 18.4 Å². The van der Waals surface area contributed by atoms with Gasteiger partial charge in [0.25, 0.3) is 0 Å². The number of hydrogen-bond acceptors (Lipinski definition) is 15. The van der Waals surface area contributed by atoms with Crippen LogP contribution in [0.4, 0.5) is 5.95 Å². The number of nitrogen functional groups attached to an aromatic ring is 1. The van der Waals surface area contributed by atoms with Crippen LogP contribution in [0.25, 0.3) is 11.2 Å². The number of nitrogens with two attached hydrogens (primary N) is 1. The fourth-order valence-electron chi connectivity index (χ4n) is 5.10. The molecule has 3 heterocycles. The molecule has 1 aliphatic rings. The normalized spacial score (nSPS) is 23.7. The Balaban J connectivity index is 1.66. The SMILES string of the molecule is CCOC(=O)[C@@H](OP(=O)(N[C@@H](CC(C)C)C(=O)OC)OC[C@H]1O[C@@H](n2cnc3c(OC)nc(N)nc32)[C@](C)(O)[C@@H]1O)c1ccccc1. The molecule has 258 valence electrons. The summed E-state index contributed by atoms with van der Waals surface area (Å²) in [5.41, 5.74) is 4.55. The van der Waals surface area contributed by atoms with Crippen LogP contribution >= 0.6 is 7.75 Å². The Kier molecular flexibility index (Phi) is 11.6. The van der Waals surface area contributed by atoms with E-state index in [4.69, 9.17) is 33.7 Å². The molecule has 1 fully saturated rings. The summed E-state index contributed by atoms with van der Waals surface area (Å²) in [4.78, 5) is 38.2. The molecule has 1 unspecified atom stereocenters. The first kappa shape index (κ1) is 36.1. The highest BCUT2D eigenvalue weighted by molar-refractivity contribution is 7.51. The molecular formula is C29H41N6O11P. The number of esters is 2. The summed E-state index contributed by atoms with van der Waals surface area (Å²) in [5, 5.41) is 25.2. The van der Waals surface area contributed by atoms with Crippen LogP contribution in [-0.4, -0.2) is 93.0 Å². The van der Waals surface area contributed by atoms with Gasteiger partial charge in [-0.25, -0.2) is 19.4 Å². The Hall–Kier alpha value is -3.70. The quantitative estimate of drug-likeness (QED) is 0.133. The number of aliphatic hydroxyl groups is 2. The Morgan fingerprint density at radius 2 is 1.89 bits per heavy atom. The highest BCUT2D eigenvalue weighted by Gasteiger charge is 2.54. The molecule has 1 saturated heterocycles. The maximum absolute atomic E-state index is 14.5. The molecule has 0 spiro atoms. The lowest BCUT2D eigenvalue weighted by Gasteiger charge is -2.29. The van der Waals surface area contributed by atoms with Crippen LogP contribution in [0.2, 0.25) is 0 Å². The van der Waals surface area contributed by atoms with Crippen molar-refractivity contribution in [1.29, 1.82) is 0 Å². The maximum atomic E-state index is 14.5. The zero-order valence-corrected chi connectivity index (χ0v) is 27.8. The van der Waals surface area contributed by atoms with E-state index >= 15 is 0 Å². The van der Waals surface area contributed by atoms with Gasteiger partial charge in [0.1, 0.15) is 23.9 Å². The molecule has 0 aliphatic carbocycles. The van der Waals surface area contributed by atoms with E-state index < -0.39 is 62.5 Å². The van der Waals surface area contributed by atoms with Gasteiger partial charge >= 0.3 is 19.7 Å². The van der Waals surface area contributed by atoms with Crippen molar-refractivity contribution in [2.45, 2.75) is 70.3 Å². The van der Waals surface area contributed by atoms with Crippen molar-refractivity contribution in [2.24, 2.45) is 5.92 Å². The van der Waals surface area contributed by atoms with Crippen molar-refractivity contribution in [2.75, 3.05) is 33.2 Å². The summed E-state index contributed by atoms with van der Waals surface area (Å²) in [6.45, 7) is 5.98. The number of imidazole rings is 1. The number of benzene rings is 1. The average Bonchev–Trinajstić information content (AvgIpc) is 3.54. The van der Waals surface area contributed by atoms with Gasteiger partial charge in [-0.2, -0.15) is 9.97 Å². The van der Waals surface area contributed by atoms with Crippen molar-refractivity contribution in [3.63, 3.8) is 0 Å². The highest BCUT2D eigenvalue weighted by Crippen LogP contribution is 2.51. The maximum Gasteiger partial charge on any atom is 0.407 e. The second-order valence-electron chi connectivity index (χ2n) is 11.4. The Bertz CT molecular complexity index is 1590. The number of aromatic nitrogens is 4. The zero-order valence-electron chi connectivity index (χ0n) is 26.9. The largest absolute Gasteiger partial charge is 0.479 e. The predicted molar refractivity (Wildman–Crippen MR) is 166 cm³/mol. The molecule has 47 heavy (non-hydrogen) atoms. The number of nitrogens with one attached hydrogen (secondary N) is 1. The van der Waals surface area contributed by atoms with Gasteiger partial charge in [-0.15, -0.1) is 0 Å². The van der Waals surface area contributed by atoms with Crippen molar-refractivity contribution in [3.05, 3.63) is 42.2 Å². The lowest BCUT2D eigenvalue weighted by atomic mass is 9.96. The van der Waals surface area contributed by atoms with Crippen LogP contribution in [0.15, 0.2) is 36.7 Å². The number of methoxy groups -OCH3 is 2. The third kappa shape index (κ3) is 8.06. The molecule has 0 amide bonds. The lowest BCUT2D eigenvalue weighted by Crippen LogP contribution is -2.44. The van der Waals surface area contributed by atoms with Gasteiger partial charge in [0, 0.05) is 0 Å². The van der Waals surface area contributed by atoms with Gasteiger partial charge in [0.15, 0.2) is 23.5 Å². The van der Waals surface area contributed by atoms with Crippen molar-refractivity contribution in [1.82, 2.24) is 24.6 Å². The molecule has 4 rings (SSSR count). The van der Waals surface area contributed by atoms with E-state index in [0.717, 1.165) is 0 Å². The molecule has 2 aromatic heterocycles. The molecule has 17 nitrogen and oxygen atoms in total. The number of anilines is 1. The number of nitrogens with zero attached hydrogens (tertiary/aromatic N) is 4. The van der Waals surface area contributed by atoms with Crippen LogP contribution < -0.4 is 15.6 Å². The van der Waals surface area contributed by atoms with Crippen LogP contribution in [0, 0.1) is 5.92 Å². The fourth-order valence-corrected chi connectivity index (χ4v) is 6.72. The van der Waals surface area contributed by atoms with E-state index in [0.29, 0.717) is 5.56 Å². The molecule has 5 N–H and O–H groups in total. The zero-order chi connectivity index (χ0) is 34.5. The van der Waals surface area contributed by atoms with Crippen LogP contribution in [-0.2, 0) is 37.4 Å². The predicted octanol–water partition coefficient (Wildman–Crippen LogP) is 2.05. The number of fused-ring (bicyclic) bond motifs is 1. The number of carbonyl (C=O) groups is 2. The summed E-state index contributed by atoms with van der Waals surface area (Å²) >= 11 is 0. The number of ether oxygens (including phenoxy) is 4. The standard InChI is InChI=1S/C29H41N6O11P/c1-7-43-26(38)21(17-11-9-8-10-12-17)46-47(40,34-18(13-16(2)3)25(37)42-6)44-14-19-22(36)29(4,39)27(45-19)35-15-31-20-23(35)32-28(30)33-24(20)41-5/h8-12,15-16,18-19,21-22,27,36,39H,7,13-14H2,1-6H3,(H,34,40)(H2,30,32,33)/t18-,19+,21-,22+,27+,29+,47?/m0/s1.